The number of likely N-dealkylation sites (N-methyl/N-ethyl adjacent to an activating group) is 1. The van der Waals surface area contributed by atoms with Gasteiger partial charge in [-0.1, -0.05) is 13.8 Å². The van der Waals surface area contributed by atoms with Crippen molar-refractivity contribution in [3.05, 3.63) is 0 Å². The van der Waals surface area contributed by atoms with Crippen LogP contribution < -0.4 is 5.32 Å². The fourth-order valence-corrected chi connectivity index (χ4v) is 4.04. The number of nitrogens with one attached hydrogen (secondary N) is 1. The minimum Gasteiger partial charge on any atom is -0.312 e. The van der Waals surface area contributed by atoms with E-state index in [1.54, 1.807) is 0 Å². The van der Waals surface area contributed by atoms with E-state index in [-0.39, 0.29) is 5.54 Å². The topological polar surface area (TPSA) is 49.4 Å². The van der Waals surface area contributed by atoms with Gasteiger partial charge < -0.3 is 5.32 Å². The predicted molar refractivity (Wildman–Crippen MR) is 85.9 cm³/mol. The van der Waals surface area contributed by atoms with Crippen molar-refractivity contribution >= 4 is 9.84 Å². The summed E-state index contributed by atoms with van der Waals surface area (Å²) in [4.78, 5) is 2.60. The minimum atomic E-state index is -2.85. The Morgan fingerprint density at radius 2 is 1.85 bits per heavy atom. The lowest BCUT2D eigenvalue weighted by molar-refractivity contribution is 0.0807. The lowest BCUT2D eigenvalue weighted by atomic mass is 9.84. The third-order valence-corrected chi connectivity index (χ3v) is 5.78. The maximum Gasteiger partial charge on any atom is 0.147 e. The van der Waals surface area contributed by atoms with Crippen LogP contribution >= 0.6 is 0 Å². The summed E-state index contributed by atoms with van der Waals surface area (Å²) in [6.45, 7) is 10.0. The van der Waals surface area contributed by atoms with Gasteiger partial charge in [0.1, 0.15) is 9.84 Å². The van der Waals surface area contributed by atoms with Gasteiger partial charge in [-0.15, -0.1) is 0 Å². The van der Waals surface area contributed by atoms with E-state index in [0.717, 1.165) is 25.8 Å². The van der Waals surface area contributed by atoms with Crippen molar-refractivity contribution in [2.75, 3.05) is 31.6 Å². The predicted octanol–water partition coefficient (Wildman–Crippen LogP) is 2.05. The second kappa shape index (κ2) is 7.76. The normalized spacial score (nSPS) is 21.8. The molecular formula is C15H32N2O2S. The average molecular weight is 305 g/mol. The Morgan fingerprint density at radius 3 is 2.30 bits per heavy atom. The van der Waals surface area contributed by atoms with Crippen molar-refractivity contribution in [3.63, 3.8) is 0 Å². The molecule has 1 heterocycles. The molecule has 4 nitrogen and oxygen atoms in total. The van der Waals surface area contributed by atoms with Gasteiger partial charge in [0.05, 0.1) is 0 Å². The Hall–Kier alpha value is -0.130. The largest absolute Gasteiger partial charge is 0.312 e. The molecule has 1 rings (SSSR count). The van der Waals surface area contributed by atoms with Crippen LogP contribution in [0.3, 0.4) is 0 Å². The first-order valence-corrected chi connectivity index (χ1v) is 10.1. The molecule has 0 amide bonds. The summed E-state index contributed by atoms with van der Waals surface area (Å²) < 4.78 is 22.6. The molecule has 0 radical (unpaired) electrons. The van der Waals surface area contributed by atoms with Crippen molar-refractivity contribution in [1.82, 2.24) is 10.2 Å². The first-order chi connectivity index (χ1) is 9.33. The number of nitrogens with zero attached hydrogens (tertiary/aromatic N) is 1. The average Bonchev–Trinajstić information content (AvgIpc) is 2.90. The fourth-order valence-electron chi connectivity index (χ4n) is 3.35. The Kier molecular flexibility index (Phi) is 6.95. The molecule has 0 bridgehead atoms. The summed E-state index contributed by atoms with van der Waals surface area (Å²) in [6.07, 6.45) is 6.69. The molecule has 1 aliphatic rings. The first kappa shape index (κ1) is 17.9. The molecule has 0 saturated carbocycles. The minimum absolute atomic E-state index is 0.143. The number of hydrogen-bond acceptors (Lipinski definition) is 4. The van der Waals surface area contributed by atoms with Gasteiger partial charge in [-0.2, -0.15) is 0 Å². The molecule has 2 unspecified atom stereocenters. The van der Waals surface area contributed by atoms with Crippen LogP contribution in [0.4, 0.5) is 0 Å². The van der Waals surface area contributed by atoms with E-state index >= 15 is 0 Å². The third kappa shape index (κ3) is 5.01. The SMILES string of the molecule is CCNC(CCCS(C)(=O)=O)C(C)(CC)N1CCCC1. The fraction of sp³-hybridized carbons (Fsp3) is 1.00. The Balaban J connectivity index is 2.70. The van der Waals surface area contributed by atoms with Crippen LogP contribution in [-0.4, -0.2) is 56.5 Å². The van der Waals surface area contributed by atoms with E-state index in [1.807, 2.05) is 0 Å². The summed E-state index contributed by atoms with van der Waals surface area (Å²) in [5.41, 5.74) is 0.143. The van der Waals surface area contributed by atoms with Crippen LogP contribution in [0, 0.1) is 0 Å². The Bertz CT molecular complexity index is 377. The lowest BCUT2D eigenvalue weighted by Crippen LogP contribution is -2.58. The highest BCUT2D eigenvalue weighted by molar-refractivity contribution is 7.90. The highest BCUT2D eigenvalue weighted by Crippen LogP contribution is 2.30. The quantitative estimate of drug-likeness (QED) is 0.708. The molecule has 1 saturated heterocycles. The van der Waals surface area contributed by atoms with E-state index in [4.69, 9.17) is 0 Å². The Labute approximate surface area is 125 Å². The molecule has 0 aromatic rings. The summed E-state index contributed by atoms with van der Waals surface area (Å²) in [5.74, 6) is 0.300. The van der Waals surface area contributed by atoms with E-state index in [1.165, 1.54) is 32.2 Å². The molecule has 0 aromatic carbocycles. The first-order valence-electron chi connectivity index (χ1n) is 7.99. The zero-order valence-corrected chi connectivity index (χ0v) is 14.4. The van der Waals surface area contributed by atoms with Crippen LogP contribution in [0.2, 0.25) is 0 Å². The van der Waals surface area contributed by atoms with Gasteiger partial charge >= 0.3 is 0 Å². The van der Waals surface area contributed by atoms with Crippen LogP contribution in [0.25, 0.3) is 0 Å². The molecule has 120 valence electrons. The molecular weight excluding hydrogens is 272 g/mol. The number of hydrogen-bond donors (Lipinski definition) is 1. The summed E-state index contributed by atoms with van der Waals surface area (Å²) in [7, 11) is -2.85. The summed E-state index contributed by atoms with van der Waals surface area (Å²) >= 11 is 0. The van der Waals surface area contributed by atoms with Gasteiger partial charge in [0.15, 0.2) is 0 Å². The molecule has 0 spiro atoms. The zero-order chi connectivity index (χ0) is 15.2. The highest BCUT2D eigenvalue weighted by atomic mass is 32.2. The van der Waals surface area contributed by atoms with E-state index < -0.39 is 9.84 Å². The molecule has 2 atom stereocenters. The van der Waals surface area contributed by atoms with Crippen molar-refractivity contribution in [1.29, 1.82) is 0 Å². The van der Waals surface area contributed by atoms with E-state index in [0.29, 0.717) is 11.8 Å². The lowest BCUT2D eigenvalue weighted by Gasteiger charge is -2.45. The van der Waals surface area contributed by atoms with Gasteiger partial charge in [-0.25, -0.2) is 8.42 Å². The van der Waals surface area contributed by atoms with E-state index in [2.05, 4.69) is 31.0 Å². The van der Waals surface area contributed by atoms with Gasteiger partial charge in [-0.3, -0.25) is 4.90 Å². The summed E-state index contributed by atoms with van der Waals surface area (Å²) in [5, 5.41) is 3.60. The van der Waals surface area contributed by atoms with Crippen molar-refractivity contribution in [3.8, 4) is 0 Å². The second-order valence-corrected chi connectivity index (χ2v) is 8.55. The smallest absolute Gasteiger partial charge is 0.147 e. The maximum atomic E-state index is 11.3. The van der Waals surface area contributed by atoms with Gasteiger partial charge in [-0.05, 0) is 58.7 Å². The van der Waals surface area contributed by atoms with Crippen LogP contribution in [0.15, 0.2) is 0 Å². The monoisotopic (exact) mass is 304 g/mol. The number of rotatable bonds is 9. The molecule has 0 aromatic heterocycles. The van der Waals surface area contributed by atoms with Gasteiger partial charge in [0.25, 0.3) is 0 Å². The summed E-state index contributed by atoms with van der Waals surface area (Å²) in [6, 6.07) is 0.373. The second-order valence-electron chi connectivity index (χ2n) is 6.29. The number of likely N-dealkylation sites (tertiary alicyclic amines) is 1. The van der Waals surface area contributed by atoms with Gasteiger partial charge in [0.2, 0.25) is 0 Å². The molecule has 1 N–H and O–H groups in total. The maximum absolute atomic E-state index is 11.3. The highest BCUT2D eigenvalue weighted by Gasteiger charge is 2.38. The molecule has 0 aliphatic carbocycles. The number of sulfone groups is 1. The third-order valence-electron chi connectivity index (χ3n) is 4.75. The van der Waals surface area contributed by atoms with Crippen molar-refractivity contribution in [2.24, 2.45) is 0 Å². The van der Waals surface area contributed by atoms with Crippen LogP contribution in [-0.2, 0) is 9.84 Å². The van der Waals surface area contributed by atoms with Gasteiger partial charge in [0, 0.05) is 23.6 Å². The molecule has 1 aliphatic heterocycles. The van der Waals surface area contributed by atoms with Crippen molar-refractivity contribution < 1.29 is 8.42 Å². The molecule has 5 heteroatoms. The van der Waals surface area contributed by atoms with Crippen LogP contribution in [0.5, 0.6) is 0 Å². The Morgan fingerprint density at radius 1 is 1.25 bits per heavy atom. The molecule has 1 fully saturated rings. The molecule has 20 heavy (non-hydrogen) atoms. The zero-order valence-electron chi connectivity index (χ0n) is 13.6. The standard InChI is InChI=1S/C15H32N2O2S/c1-5-15(3,17-11-7-8-12-17)14(16-6-2)10-9-13-20(4,18)19/h14,16H,5-13H2,1-4H3. The van der Waals surface area contributed by atoms with Crippen molar-refractivity contribution in [2.45, 2.75) is 64.5 Å². The van der Waals surface area contributed by atoms with Crippen LogP contribution in [0.1, 0.15) is 52.9 Å². The van der Waals surface area contributed by atoms with E-state index in [9.17, 15) is 8.42 Å².